The van der Waals surface area contributed by atoms with Crippen LogP contribution in [0.5, 0.6) is 5.75 Å². The van der Waals surface area contributed by atoms with Crippen molar-refractivity contribution >= 4 is 11.4 Å². The number of nitrogens with zero attached hydrogens (tertiary/aromatic N) is 3. The predicted molar refractivity (Wildman–Crippen MR) is 77.3 cm³/mol. The molecule has 0 saturated heterocycles. The monoisotopic (exact) mass is 257 g/mol. The van der Waals surface area contributed by atoms with Gasteiger partial charge in [-0.2, -0.15) is 5.26 Å². The molecule has 0 N–H and O–H groups in total. The molecule has 4 heteroatoms. The lowest BCUT2D eigenvalue weighted by molar-refractivity contribution is 0.340. The number of anilines is 2. The third-order valence-corrected chi connectivity index (χ3v) is 3.22. The van der Waals surface area contributed by atoms with Gasteiger partial charge in [0.15, 0.2) is 0 Å². The van der Waals surface area contributed by atoms with Crippen LogP contribution in [-0.4, -0.2) is 19.7 Å². The van der Waals surface area contributed by atoms with Crippen LogP contribution >= 0.6 is 0 Å². The number of benzene rings is 1. The fourth-order valence-corrected chi connectivity index (χ4v) is 2.47. The minimum Gasteiger partial charge on any atom is -0.494 e. The Morgan fingerprint density at radius 3 is 2.42 bits per heavy atom. The van der Waals surface area contributed by atoms with Gasteiger partial charge in [0.25, 0.3) is 0 Å². The number of ether oxygens (including phenoxy) is 1. The van der Waals surface area contributed by atoms with E-state index in [0.29, 0.717) is 6.61 Å². The van der Waals surface area contributed by atoms with E-state index in [-0.39, 0.29) is 0 Å². The summed E-state index contributed by atoms with van der Waals surface area (Å²) >= 11 is 0. The summed E-state index contributed by atoms with van der Waals surface area (Å²) in [5, 5.41) is 8.97. The Morgan fingerprint density at radius 1 is 1.16 bits per heavy atom. The summed E-state index contributed by atoms with van der Waals surface area (Å²) in [5.41, 5.74) is 2.24. The van der Waals surface area contributed by atoms with E-state index < -0.39 is 0 Å². The molecule has 0 atom stereocenters. The molecule has 0 fully saturated rings. The highest BCUT2D eigenvalue weighted by molar-refractivity contribution is 5.83. The van der Waals surface area contributed by atoms with E-state index in [1.165, 1.54) is 0 Å². The van der Waals surface area contributed by atoms with Gasteiger partial charge < -0.3 is 14.5 Å². The molecule has 1 aliphatic heterocycles. The summed E-state index contributed by atoms with van der Waals surface area (Å²) in [4.78, 5) is 4.29. The lowest BCUT2D eigenvalue weighted by Crippen LogP contribution is -2.27. The minimum absolute atomic E-state index is 0.656. The van der Waals surface area contributed by atoms with Crippen LogP contribution in [0.25, 0.3) is 0 Å². The molecule has 2 rings (SSSR count). The molecule has 0 saturated carbocycles. The van der Waals surface area contributed by atoms with Crippen LogP contribution in [0.1, 0.15) is 20.8 Å². The molecule has 4 nitrogen and oxygen atoms in total. The van der Waals surface area contributed by atoms with Crippen molar-refractivity contribution in [3.05, 3.63) is 30.1 Å². The topological polar surface area (TPSA) is 39.5 Å². The van der Waals surface area contributed by atoms with E-state index in [0.717, 1.165) is 36.0 Å². The summed E-state index contributed by atoms with van der Waals surface area (Å²) < 4.78 is 5.56. The fraction of sp³-hybridized carbons (Fsp3) is 0.400. The molecule has 0 spiro atoms. The minimum atomic E-state index is 0.656. The summed E-state index contributed by atoms with van der Waals surface area (Å²) in [6.45, 7) is 8.47. The molecular formula is C15H19N3O. The Hall–Kier alpha value is -2.15. The van der Waals surface area contributed by atoms with Gasteiger partial charge in [0.1, 0.15) is 11.6 Å². The standard InChI is InChI=1S/C15H19N3O/c1-4-17-13-8-7-12(19-6-3)11-14(13)18(5-2)15(17)9-10-16/h7-9,11H,4-6H2,1-3H3. The van der Waals surface area contributed by atoms with Gasteiger partial charge in [-0.3, -0.25) is 0 Å². The fourth-order valence-electron chi connectivity index (χ4n) is 2.47. The van der Waals surface area contributed by atoms with Crippen LogP contribution in [0.15, 0.2) is 30.1 Å². The summed E-state index contributed by atoms with van der Waals surface area (Å²) in [5.74, 6) is 1.81. The van der Waals surface area contributed by atoms with E-state index in [4.69, 9.17) is 10.00 Å². The predicted octanol–water partition coefficient (Wildman–Crippen LogP) is 3.12. The number of rotatable bonds is 4. The Morgan fingerprint density at radius 2 is 1.84 bits per heavy atom. The Balaban J connectivity index is 2.50. The van der Waals surface area contributed by atoms with Crippen LogP contribution in [0.3, 0.4) is 0 Å². The Labute approximate surface area is 114 Å². The van der Waals surface area contributed by atoms with Gasteiger partial charge in [-0.15, -0.1) is 0 Å². The smallest absolute Gasteiger partial charge is 0.124 e. The number of hydrogen-bond acceptors (Lipinski definition) is 4. The van der Waals surface area contributed by atoms with Gasteiger partial charge in [0.2, 0.25) is 0 Å². The summed E-state index contributed by atoms with van der Waals surface area (Å²) in [7, 11) is 0. The molecule has 100 valence electrons. The van der Waals surface area contributed by atoms with Crippen LogP contribution < -0.4 is 14.5 Å². The molecule has 0 amide bonds. The number of allylic oxidation sites excluding steroid dienone is 1. The number of nitriles is 1. The van der Waals surface area contributed by atoms with Crippen molar-refractivity contribution in [2.45, 2.75) is 20.8 Å². The van der Waals surface area contributed by atoms with E-state index in [2.05, 4.69) is 35.8 Å². The zero-order chi connectivity index (χ0) is 13.8. The molecular weight excluding hydrogens is 238 g/mol. The van der Waals surface area contributed by atoms with E-state index in [1.54, 1.807) is 6.08 Å². The Bertz CT molecular complexity index is 531. The second kappa shape index (κ2) is 5.66. The normalized spacial score (nSPS) is 15.6. The second-order valence-corrected chi connectivity index (χ2v) is 4.20. The van der Waals surface area contributed by atoms with Crippen molar-refractivity contribution in [2.24, 2.45) is 0 Å². The third-order valence-electron chi connectivity index (χ3n) is 3.22. The van der Waals surface area contributed by atoms with Crippen LogP contribution in [-0.2, 0) is 0 Å². The summed E-state index contributed by atoms with van der Waals surface area (Å²) in [6, 6.07) is 8.22. The van der Waals surface area contributed by atoms with Crippen molar-refractivity contribution < 1.29 is 4.74 Å². The molecule has 1 aromatic rings. The molecule has 0 aliphatic carbocycles. The highest BCUT2D eigenvalue weighted by atomic mass is 16.5. The first-order valence-electron chi connectivity index (χ1n) is 6.68. The molecule has 0 bridgehead atoms. The lowest BCUT2D eigenvalue weighted by Gasteiger charge is -2.22. The van der Waals surface area contributed by atoms with Gasteiger partial charge >= 0.3 is 0 Å². The van der Waals surface area contributed by atoms with Crippen LogP contribution in [0, 0.1) is 11.3 Å². The van der Waals surface area contributed by atoms with Gasteiger partial charge in [-0.25, -0.2) is 0 Å². The maximum absolute atomic E-state index is 8.97. The zero-order valence-electron chi connectivity index (χ0n) is 11.7. The van der Waals surface area contributed by atoms with Crippen LogP contribution in [0.2, 0.25) is 0 Å². The first-order valence-corrected chi connectivity index (χ1v) is 6.68. The lowest BCUT2D eigenvalue weighted by atomic mass is 10.2. The third kappa shape index (κ3) is 2.24. The van der Waals surface area contributed by atoms with E-state index >= 15 is 0 Å². The largest absolute Gasteiger partial charge is 0.494 e. The van der Waals surface area contributed by atoms with E-state index in [9.17, 15) is 0 Å². The summed E-state index contributed by atoms with van der Waals surface area (Å²) in [6.07, 6.45) is 1.60. The molecule has 1 aliphatic rings. The Kier molecular flexibility index (Phi) is 3.96. The first-order chi connectivity index (χ1) is 9.26. The van der Waals surface area contributed by atoms with Crippen molar-refractivity contribution in [2.75, 3.05) is 29.5 Å². The van der Waals surface area contributed by atoms with Crippen molar-refractivity contribution in [1.29, 1.82) is 5.26 Å². The second-order valence-electron chi connectivity index (χ2n) is 4.20. The first kappa shape index (κ1) is 13.3. The average molecular weight is 257 g/mol. The van der Waals surface area contributed by atoms with Gasteiger partial charge in [0, 0.05) is 19.2 Å². The molecule has 1 heterocycles. The number of hydrogen-bond donors (Lipinski definition) is 0. The van der Waals surface area contributed by atoms with Crippen LogP contribution in [0.4, 0.5) is 11.4 Å². The zero-order valence-corrected chi connectivity index (χ0v) is 11.7. The highest BCUT2D eigenvalue weighted by Crippen LogP contribution is 2.43. The molecule has 0 unspecified atom stereocenters. The highest BCUT2D eigenvalue weighted by Gasteiger charge is 2.29. The van der Waals surface area contributed by atoms with Gasteiger partial charge in [-0.1, -0.05) is 0 Å². The maximum atomic E-state index is 8.97. The average Bonchev–Trinajstić information content (AvgIpc) is 2.71. The van der Waals surface area contributed by atoms with Crippen molar-refractivity contribution in [3.8, 4) is 11.8 Å². The van der Waals surface area contributed by atoms with Gasteiger partial charge in [-0.05, 0) is 32.9 Å². The molecule has 1 aromatic carbocycles. The van der Waals surface area contributed by atoms with Gasteiger partial charge in [0.05, 0.1) is 30.1 Å². The molecule has 19 heavy (non-hydrogen) atoms. The quantitative estimate of drug-likeness (QED) is 0.777. The maximum Gasteiger partial charge on any atom is 0.124 e. The SMILES string of the molecule is CCOc1ccc2c(c1)N(CC)C(=CC#N)N2CC. The van der Waals surface area contributed by atoms with E-state index in [1.807, 2.05) is 19.1 Å². The van der Waals surface area contributed by atoms with Crippen molar-refractivity contribution in [1.82, 2.24) is 0 Å². The molecule has 0 aromatic heterocycles. The molecule has 0 radical (unpaired) electrons. The van der Waals surface area contributed by atoms with Crippen molar-refractivity contribution in [3.63, 3.8) is 0 Å². The number of fused-ring (bicyclic) bond motifs is 1.